The van der Waals surface area contributed by atoms with E-state index in [4.69, 9.17) is 16.6 Å². The molecule has 0 amide bonds. The van der Waals surface area contributed by atoms with Gasteiger partial charge in [0.25, 0.3) is 0 Å². The first-order valence-corrected chi connectivity index (χ1v) is 10.7. The van der Waals surface area contributed by atoms with Crippen LogP contribution in [0.5, 0.6) is 0 Å². The molecule has 0 aliphatic rings. The minimum Gasteiger partial charge on any atom is -0.236 e. The SMILES string of the molecule is Clc1cccc2sc3cc4sc(-c5ccc6ccccc6c5)nc4cc3c12. The number of halogens is 1. The first kappa shape index (κ1) is 15.6. The maximum absolute atomic E-state index is 6.47. The van der Waals surface area contributed by atoms with Gasteiger partial charge in [-0.2, -0.15) is 0 Å². The number of hydrogen-bond donors (Lipinski definition) is 0. The number of rotatable bonds is 1. The van der Waals surface area contributed by atoms with Crippen LogP contribution in [0.15, 0.2) is 72.8 Å². The van der Waals surface area contributed by atoms with Gasteiger partial charge in [-0.3, -0.25) is 0 Å². The van der Waals surface area contributed by atoms with Gasteiger partial charge in [0.05, 0.1) is 10.2 Å². The molecule has 0 radical (unpaired) electrons. The monoisotopic (exact) mass is 401 g/mol. The Balaban J connectivity index is 1.59. The molecule has 0 aliphatic heterocycles. The number of nitrogens with zero attached hydrogens (tertiary/aromatic N) is 1. The van der Waals surface area contributed by atoms with E-state index in [0.717, 1.165) is 20.9 Å². The van der Waals surface area contributed by atoms with E-state index >= 15 is 0 Å². The van der Waals surface area contributed by atoms with E-state index in [1.165, 1.54) is 35.8 Å². The molecule has 0 aliphatic carbocycles. The molecular formula is C23H12ClNS2. The van der Waals surface area contributed by atoms with Crippen molar-refractivity contribution in [3.63, 3.8) is 0 Å². The van der Waals surface area contributed by atoms with Gasteiger partial charge in [0.15, 0.2) is 0 Å². The van der Waals surface area contributed by atoms with Crippen molar-refractivity contribution in [2.45, 2.75) is 0 Å². The van der Waals surface area contributed by atoms with Crippen LogP contribution in [-0.2, 0) is 0 Å². The molecule has 1 nitrogen and oxygen atoms in total. The second kappa shape index (κ2) is 5.77. The molecule has 2 heterocycles. The Hall–Kier alpha value is -2.46. The Bertz CT molecular complexity index is 1490. The highest BCUT2D eigenvalue weighted by molar-refractivity contribution is 7.26. The Kier molecular flexibility index (Phi) is 3.33. The van der Waals surface area contributed by atoms with Crippen LogP contribution in [0.1, 0.15) is 0 Å². The van der Waals surface area contributed by atoms with Crippen molar-refractivity contribution in [3.8, 4) is 10.6 Å². The van der Waals surface area contributed by atoms with Crippen LogP contribution in [0.25, 0.3) is 51.7 Å². The molecule has 0 spiro atoms. The molecule has 6 aromatic rings. The zero-order valence-corrected chi connectivity index (χ0v) is 16.5. The minimum atomic E-state index is 0.808. The lowest BCUT2D eigenvalue weighted by atomic mass is 10.1. The molecule has 4 heteroatoms. The smallest absolute Gasteiger partial charge is 0.124 e. The third-order valence-corrected chi connectivity index (χ3v) is 7.45. The Labute approximate surface area is 168 Å². The van der Waals surface area contributed by atoms with Crippen LogP contribution in [-0.4, -0.2) is 4.98 Å². The quantitative estimate of drug-likeness (QED) is 0.271. The van der Waals surface area contributed by atoms with Crippen molar-refractivity contribution in [1.29, 1.82) is 0 Å². The zero-order chi connectivity index (χ0) is 18.0. The van der Waals surface area contributed by atoms with Gasteiger partial charge >= 0.3 is 0 Å². The predicted molar refractivity (Wildman–Crippen MR) is 120 cm³/mol. The summed E-state index contributed by atoms with van der Waals surface area (Å²) in [5, 5.41) is 6.70. The molecule has 2 aromatic heterocycles. The fourth-order valence-corrected chi connectivity index (χ4v) is 6.19. The predicted octanol–water partition coefficient (Wildman–Crippen LogP) is 8.14. The third-order valence-electron chi connectivity index (χ3n) is 4.95. The molecular weight excluding hydrogens is 390 g/mol. The largest absolute Gasteiger partial charge is 0.236 e. The number of thiazole rings is 1. The van der Waals surface area contributed by atoms with Crippen LogP contribution < -0.4 is 0 Å². The van der Waals surface area contributed by atoms with E-state index in [-0.39, 0.29) is 0 Å². The fourth-order valence-electron chi connectivity index (χ4n) is 3.65. The summed E-state index contributed by atoms with van der Waals surface area (Å²) in [7, 11) is 0. The van der Waals surface area contributed by atoms with E-state index < -0.39 is 0 Å². The maximum atomic E-state index is 6.47. The van der Waals surface area contributed by atoms with Gasteiger partial charge in [-0.05, 0) is 41.1 Å². The van der Waals surface area contributed by atoms with Crippen molar-refractivity contribution >= 4 is 75.4 Å². The summed E-state index contributed by atoms with van der Waals surface area (Å²) in [6.07, 6.45) is 0. The summed E-state index contributed by atoms with van der Waals surface area (Å²) in [4.78, 5) is 4.94. The lowest BCUT2D eigenvalue weighted by Crippen LogP contribution is -1.77. The summed E-state index contributed by atoms with van der Waals surface area (Å²) < 4.78 is 3.71. The topological polar surface area (TPSA) is 12.9 Å². The van der Waals surface area contributed by atoms with Crippen molar-refractivity contribution in [2.24, 2.45) is 0 Å². The van der Waals surface area contributed by atoms with Gasteiger partial charge in [-0.1, -0.05) is 54.1 Å². The minimum absolute atomic E-state index is 0.808. The van der Waals surface area contributed by atoms with Gasteiger partial charge < -0.3 is 0 Å². The fraction of sp³-hybridized carbons (Fsp3) is 0. The third kappa shape index (κ3) is 2.39. The van der Waals surface area contributed by atoms with Gasteiger partial charge in [0, 0.05) is 30.8 Å². The molecule has 0 saturated heterocycles. The summed E-state index contributed by atoms with van der Waals surface area (Å²) >= 11 is 10.0. The lowest BCUT2D eigenvalue weighted by molar-refractivity contribution is 1.49. The Morgan fingerprint density at radius 2 is 1.59 bits per heavy atom. The summed E-state index contributed by atoms with van der Waals surface area (Å²) in [6, 6.07) is 25.5. The summed E-state index contributed by atoms with van der Waals surface area (Å²) in [5.41, 5.74) is 2.21. The van der Waals surface area contributed by atoms with E-state index in [1.807, 2.05) is 12.1 Å². The van der Waals surface area contributed by atoms with Crippen LogP contribution >= 0.6 is 34.3 Å². The molecule has 4 aromatic carbocycles. The highest BCUT2D eigenvalue weighted by Gasteiger charge is 2.13. The number of thiophene rings is 1. The van der Waals surface area contributed by atoms with Crippen LogP contribution in [0.3, 0.4) is 0 Å². The highest BCUT2D eigenvalue weighted by atomic mass is 35.5. The molecule has 0 unspecified atom stereocenters. The van der Waals surface area contributed by atoms with Gasteiger partial charge in [0.2, 0.25) is 0 Å². The molecule has 6 rings (SSSR count). The highest BCUT2D eigenvalue weighted by Crippen LogP contribution is 2.41. The number of fused-ring (bicyclic) bond motifs is 5. The van der Waals surface area contributed by atoms with E-state index in [2.05, 4.69) is 60.7 Å². The van der Waals surface area contributed by atoms with Gasteiger partial charge in [-0.15, -0.1) is 22.7 Å². The molecule has 0 atom stereocenters. The van der Waals surface area contributed by atoms with E-state index in [9.17, 15) is 0 Å². The van der Waals surface area contributed by atoms with Crippen molar-refractivity contribution in [2.75, 3.05) is 0 Å². The molecule has 128 valence electrons. The van der Waals surface area contributed by atoms with Crippen molar-refractivity contribution in [3.05, 3.63) is 77.8 Å². The van der Waals surface area contributed by atoms with Crippen molar-refractivity contribution < 1.29 is 0 Å². The first-order valence-electron chi connectivity index (χ1n) is 8.67. The van der Waals surface area contributed by atoms with Crippen molar-refractivity contribution in [1.82, 2.24) is 4.98 Å². The average molecular weight is 402 g/mol. The Morgan fingerprint density at radius 3 is 2.52 bits per heavy atom. The van der Waals surface area contributed by atoms with Crippen LogP contribution in [0, 0.1) is 0 Å². The second-order valence-electron chi connectivity index (χ2n) is 6.61. The average Bonchev–Trinajstić information content (AvgIpc) is 3.26. The Morgan fingerprint density at radius 1 is 0.704 bits per heavy atom. The van der Waals surface area contributed by atoms with E-state index in [0.29, 0.717) is 0 Å². The second-order valence-corrected chi connectivity index (χ2v) is 9.13. The van der Waals surface area contributed by atoms with Gasteiger partial charge in [-0.25, -0.2) is 4.98 Å². The first-order chi connectivity index (χ1) is 13.3. The van der Waals surface area contributed by atoms with Crippen LogP contribution in [0.2, 0.25) is 5.02 Å². The molecule has 0 bridgehead atoms. The maximum Gasteiger partial charge on any atom is 0.124 e. The molecule has 0 fully saturated rings. The standard InChI is InChI=1S/C23H12ClNS2/c24-17-6-3-7-19-22(17)16-11-18-21(12-20(16)26-19)27-23(25-18)15-9-8-13-4-1-2-5-14(13)10-15/h1-12H. The molecule has 0 saturated carbocycles. The lowest BCUT2D eigenvalue weighted by Gasteiger charge is -2.00. The molecule has 0 N–H and O–H groups in total. The summed E-state index contributed by atoms with van der Waals surface area (Å²) in [5.74, 6) is 0. The zero-order valence-electron chi connectivity index (χ0n) is 14.1. The molecule has 27 heavy (non-hydrogen) atoms. The number of hydrogen-bond acceptors (Lipinski definition) is 3. The van der Waals surface area contributed by atoms with Crippen LogP contribution in [0.4, 0.5) is 0 Å². The number of aromatic nitrogens is 1. The summed E-state index contributed by atoms with van der Waals surface area (Å²) in [6.45, 7) is 0. The normalized spacial score (nSPS) is 11.9. The number of benzene rings is 4. The van der Waals surface area contributed by atoms with Gasteiger partial charge in [0.1, 0.15) is 5.01 Å². The van der Waals surface area contributed by atoms with E-state index in [1.54, 1.807) is 22.7 Å².